The van der Waals surface area contributed by atoms with E-state index in [0.29, 0.717) is 25.6 Å². The minimum atomic E-state index is 0.258. The van der Waals surface area contributed by atoms with Gasteiger partial charge >= 0.3 is 0 Å². The summed E-state index contributed by atoms with van der Waals surface area (Å²) in [6.07, 6.45) is 7.52. The first-order valence-electron chi connectivity index (χ1n) is 9.55. The molecule has 1 aromatic carbocycles. The molecule has 7 nitrogen and oxygen atoms in total. The molecule has 1 saturated heterocycles. The lowest BCUT2D eigenvalue weighted by molar-refractivity contribution is -0.128. The normalized spacial score (nSPS) is 17.0. The van der Waals surface area contributed by atoms with Crippen molar-refractivity contribution in [2.45, 2.75) is 44.8 Å². The monoisotopic (exact) mass is 362 g/mol. The molecule has 1 amide bonds. The second-order valence-corrected chi connectivity index (χ2v) is 7.37. The molecule has 3 aromatic rings. The summed E-state index contributed by atoms with van der Waals surface area (Å²) in [6, 6.07) is 8.91. The van der Waals surface area contributed by atoms with E-state index in [1.54, 1.807) is 6.33 Å². The van der Waals surface area contributed by atoms with Crippen LogP contribution in [-0.4, -0.2) is 36.9 Å². The molecule has 2 aromatic heterocycles. The highest BCUT2D eigenvalue weighted by Crippen LogP contribution is 2.37. The molecule has 0 bridgehead atoms. The number of likely N-dealkylation sites (tertiary alicyclic amines) is 1. The molecule has 1 saturated carbocycles. The van der Waals surface area contributed by atoms with Gasteiger partial charge in [0.2, 0.25) is 5.91 Å². The second kappa shape index (κ2) is 6.64. The zero-order valence-corrected chi connectivity index (χ0v) is 15.1. The number of nitrogens with one attached hydrogen (secondary N) is 1. The predicted molar refractivity (Wildman–Crippen MR) is 102 cm³/mol. The zero-order chi connectivity index (χ0) is 18.2. The van der Waals surface area contributed by atoms with Gasteiger partial charge in [-0.1, -0.05) is 24.3 Å². The Kier molecular flexibility index (Phi) is 3.99. The van der Waals surface area contributed by atoms with Crippen LogP contribution in [0, 0.1) is 0 Å². The topological polar surface area (TPSA) is 75.9 Å². The van der Waals surface area contributed by atoms with Crippen LogP contribution in [0.3, 0.4) is 0 Å². The van der Waals surface area contributed by atoms with Gasteiger partial charge in [-0.25, -0.2) is 15.0 Å². The number of carbonyl (C=O) groups is 1. The van der Waals surface area contributed by atoms with Gasteiger partial charge in [-0.2, -0.15) is 0 Å². The Balaban J connectivity index is 1.31. The summed E-state index contributed by atoms with van der Waals surface area (Å²) in [5, 5.41) is 3.40. The third-order valence-electron chi connectivity index (χ3n) is 5.30. The average molecular weight is 362 g/mol. The van der Waals surface area contributed by atoms with Gasteiger partial charge in [-0.05, 0) is 30.4 Å². The Morgan fingerprint density at radius 3 is 2.85 bits per heavy atom. The number of rotatable bonds is 6. The highest BCUT2D eigenvalue weighted by Gasteiger charge is 2.26. The third kappa shape index (κ3) is 3.25. The van der Waals surface area contributed by atoms with Crippen LogP contribution in [0.25, 0.3) is 11.2 Å². The molecule has 2 aliphatic rings. The van der Waals surface area contributed by atoms with E-state index < -0.39 is 0 Å². The standard InChI is InChI=1S/C20H22N6O/c27-17-5-2-8-25(17)11-15-4-1-3-14(9-15)10-21-19-18-20(23-12-22-19)26(13-24-18)16-6-7-16/h1,3-4,9,12-13,16H,2,5-8,10-11H2,(H,21,22,23). The minimum absolute atomic E-state index is 0.258. The van der Waals surface area contributed by atoms with Crippen LogP contribution in [0.5, 0.6) is 0 Å². The number of aromatic nitrogens is 4. The lowest BCUT2D eigenvalue weighted by Crippen LogP contribution is -2.23. The summed E-state index contributed by atoms with van der Waals surface area (Å²) >= 11 is 0. The summed E-state index contributed by atoms with van der Waals surface area (Å²) in [5.74, 6) is 1.02. The van der Waals surface area contributed by atoms with Crippen molar-refractivity contribution >= 4 is 22.9 Å². The first-order chi connectivity index (χ1) is 13.3. The fourth-order valence-electron chi connectivity index (χ4n) is 3.72. The maximum absolute atomic E-state index is 11.8. The SMILES string of the molecule is O=C1CCCN1Cc1cccc(CNc2ncnc3c2ncn3C2CC2)c1. The van der Waals surface area contributed by atoms with Crippen molar-refractivity contribution in [3.63, 3.8) is 0 Å². The van der Waals surface area contributed by atoms with E-state index in [9.17, 15) is 4.79 Å². The van der Waals surface area contributed by atoms with E-state index >= 15 is 0 Å². The Labute approximate surface area is 157 Å². The molecule has 0 atom stereocenters. The van der Waals surface area contributed by atoms with E-state index in [2.05, 4.69) is 43.0 Å². The first-order valence-corrected chi connectivity index (χ1v) is 9.55. The van der Waals surface area contributed by atoms with Crippen molar-refractivity contribution in [1.82, 2.24) is 24.4 Å². The molecular weight excluding hydrogens is 340 g/mol. The van der Waals surface area contributed by atoms with Crippen LogP contribution in [-0.2, 0) is 17.9 Å². The van der Waals surface area contributed by atoms with E-state index in [4.69, 9.17) is 0 Å². The molecule has 27 heavy (non-hydrogen) atoms. The molecule has 5 rings (SSSR count). The van der Waals surface area contributed by atoms with Crippen LogP contribution in [0.15, 0.2) is 36.9 Å². The molecule has 0 spiro atoms. The number of nitrogens with zero attached hydrogens (tertiary/aromatic N) is 5. The van der Waals surface area contributed by atoms with Crippen LogP contribution < -0.4 is 5.32 Å². The molecule has 0 unspecified atom stereocenters. The molecule has 3 heterocycles. The Hall–Kier alpha value is -2.96. The second-order valence-electron chi connectivity index (χ2n) is 7.37. The van der Waals surface area contributed by atoms with Crippen LogP contribution in [0.1, 0.15) is 42.9 Å². The third-order valence-corrected chi connectivity index (χ3v) is 5.30. The van der Waals surface area contributed by atoms with Crippen molar-refractivity contribution in [3.05, 3.63) is 48.0 Å². The number of anilines is 1. The number of imidazole rings is 1. The molecule has 1 N–H and O–H groups in total. The predicted octanol–water partition coefficient (Wildman–Crippen LogP) is 2.90. The van der Waals surface area contributed by atoms with Crippen molar-refractivity contribution in [3.8, 4) is 0 Å². The summed E-state index contributed by atoms with van der Waals surface area (Å²) in [4.78, 5) is 27.1. The van der Waals surface area contributed by atoms with Crippen molar-refractivity contribution in [1.29, 1.82) is 0 Å². The summed E-state index contributed by atoms with van der Waals surface area (Å²) in [5.41, 5.74) is 4.04. The first kappa shape index (κ1) is 16.2. The van der Waals surface area contributed by atoms with Gasteiger partial charge < -0.3 is 14.8 Å². The van der Waals surface area contributed by atoms with E-state index in [1.165, 1.54) is 12.8 Å². The Morgan fingerprint density at radius 2 is 2.04 bits per heavy atom. The van der Waals surface area contributed by atoms with Gasteiger partial charge in [-0.15, -0.1) is 0 Å². The lowest BCUT2D eigenvalue weighted by Gasteiger charge is -2.16. The fraction of sp³-hybridized carbons (Fsp3) is 0.400. The molecule has 0 radical (unpaired) electrons. The van der Waals surface area contributed by atoms with Crippen molar-refractivity contribution < 1.29 is 4.79 Å². The van der Waals surface area contributed by atoms with Gasteiger partial charge in [0.1, 0.15) is 11.8 Å². The fourth-order valence-corrected chi connectivity index (χ4v) is 3.72. The smallest absolute Gasteiger partial charge is 0.222 e. The Bertz CT molecular complexity index is 993. The van der Waals surface area contributed by atoms with Crippen LogP contribution in [0.4, 0.5) is 5.82 Å². The highest BCUT2D eigenvalue weighted by molar-refractivity contribution is 5.82. The largest absolute Gasteiger partial charge is 0.364 e. The molecule has 2 fully saturated rings. The molecule has 1 aliphatic heterocycles. The average Bonchev–Trinajstić information content (AvgIpc) is 3.31. The molecule has 1 aliphatic carbocycles. The van der Waals surface area contributed by atoms with Crippen molar-refractivity contribution in [2.24, 2.45) is 0 Å². The maximum atomic E-state index is 11.8. The van der Waals surface area contributed by atoms with E-state index in [1.807, 2.05) is 17.3 Å². The van der Waals surface area contributed by atoms with Gasteiger partial charge in [-0.3, -0.25) is 4.79 Å². The molecule has 138 valence electrons. The van der Waals surface area contributed by atoms with Crippen molar-refractivity contribution in [2.75, 3.05) is 11.9 Å². The summed E-state index contributed by atoms with van der Waals surface area (Å²) in [7, 11) is 0. The van der Waals surface area contributed by atoms with Gasteiger partial charge in [0, 0.05) is 32.1 Å². The van der Waals surface area contributed by atoms with Crippen LogP contribution in [0.2, 0.25) is 0 Å². The number of hydrogen-bond donors (Lipinski definition) is 1. The van der Waals surface area contributed by atoms with E-state index in [-0.39, 0.29) is 5.91 Å². The Morgan fingerprint density at radius 1 is 1.15 bits per heavy atom. The number of amides is 1. The van der Waals surface area contributed by atoms with Gasteiger partial charge in [0.05, 0.1) is 6.33 Å². The summed E-state index contributed by atoms with van der Waals surface area (Å²) < 4.78 is 2.15. The minimum Gasteiger partial charge on any atom is -0.364 e. The molecular formula is C20H22N6O. The van der Waals surface area contributed by atoms with E-state index in [0.717, 1.165) is 41.1 Å². The number of fused-ring (bicyclic) bond motifs is 1. The quantitative estimate of drug-likeness (QED) is 0.730. The van der Waals surface area contributed by atoms with Crippen LogP contribution >= 0.6 is 0 Å². The van der Waals surface area contributed by atoms with Gasteiger partial charge in [0.25, 0.3) is 0 Å². The molecule has 7 heteroatoms. The zero-order valence-electron chi connectivity index (χ0n) is 15.1. The van der Waals surface area contributed by atoms with Gasteiger partial charge in [0.15, 0.2) is 11.5 Å². The lowest BCUT2D eigenvalue weighted by atomic mass is 10.1. The number of hydrogen-bond acceptors (Lipinski definition) is 5. The summed E-state index contributed by atoms with van der Waals surface area (Å²) in [6.45, 7) is 2.21. The highest BCUT2D eigenvalue weighted by atomic mass is 16.2. The number of benzene rings is 1. The maximum Gasteiger partial charge on any atom is 0.222 e. The number of carbonyl (C=O) groups excluding carboxylic acids is 1.